The molecule has 0 saturated carbocycles. The summed E-state index contributed by atoms with van der Waals surface area (Å²) in [6.07, 6.45) is 3.11. The van der Waals surface area contributed by atoms with Crippen LogP contribution in [0.15, 0.2) is 24.3 Å². The average Bonchev–Trinajstić information content (AvgIpc) is 3.15. The Morgan fingerprint density at radius 1 is 1.23 bits per heavy atom. The first kappa shape index (κ1) is 21.6. The molecule has 0 radical (unpaired) electrons. The van der Waals surface area contributed by atoms with Crippen LogP contribution < -0.4 is 5.32 Å². The van der Waals surface area contributed by atoms with Crippen LogP contribution in [0.25, 0.3) is 16.7 Å². The van der Waals surface area contributed by atoms with E-state index >= 15 is 0 Å². The number of para-hydroxylation sites is 2. The van der Waals surface area contributed by atoms with Crippen molar-refractivity contribution < 1.29 is 4.74 Å². The summed E-state index contributed by atoms with van der Waals surface area (Å²) in [6, 6.07) is 10.6. The maximum Gasteiger partial charge on any atom is 0.157 e. The van der Waals surface area contributed by atoms with Crippen LogP contribution in [0.3, 0.4) is 0 Å². The average molecular weight is 420 g/mol. The van der Waals surface area contributed by atoms with Crippen LogP contribution in [0, 0.1) is 24.2 Å². The lowest BCUT2D eigenvalue weighted by Crippen LogP contribution is -2.37. The number of pyridine rings is 1. The van der Waals surface area contributed by atoms with Gasteiger partial charge in [-0.15, -0.1) is 0 Å². The first-order chi connectivity index (χ1) is 15.1. The van der Waals surface area contributed by atoms with Crippen LogP contribution in [0.2, 0.25) is 0 Å². The largest absolute Gasteiger partial charge is 0.379 e. The van der Waals surface area contributed by atoms with E-state index in [1.807, 2.05) is 18.2 Å². The number of hydrogen-bond acceptors (Lipinski definition) is 5. The summed E-state index contributed by atoms with van der Waals surface area (Å²) < 4.78 is 7.63. The van der Waals surface area contributed by atoms with Crippen molar-refractivity contribution in [3.05, 3.63) is 41.0 Å². The Hall–Kier alpha value is -2.62. The third-order valence-corrected chi connectivity index (χ3v) is 6.25. The normalized spacial score (nSPS) is 15.1. The Balaban J connectivity index is 1.71. The number of ether oxygens (including phenoxy) is 1. The summed E-state index contributed by atoms with van der Waals surface area (Å²) in [5.41, 5.74) is 5.72. The highest BCUT2D eigenvalue weighted by atomic mass is 16.5. The molecule has 1 aliphatic rings. The lowest BCUT2D eigenvalue weighted by Gasteiger charge is -2.26. The molecule has 0 spiro atoms. The number of benzene rings is 1. The van der Waals surface area contributed by atoms with Gasteiger partial charge in [0.05, 0.1) is 29.8 Å². The highest BCUT2D eigenvalue weighted by Gasteiger charge is 2.20. The first-order valence-corrected chi connectivity index (χ1v) is 11.5. The van der Waals surface area contributed by atoms with E-state index < -0.39 is 0 Å². The fourth-order valence-corrected chi connectivity index (χ4v) is 4.44. The number of hydrogen-bond donors (Lipinski definition) is 1. The molecule has 0 bridgehead atoms. The second kappa shape index (κ2) is 9.67. The molecular weight excluding hydrogens is 386 g/mol. The van der Waals surface area contributed by atoms with Crippen LogP contribution in [0.1, 0.15) is 43.4 Å². The zero-order chi connectivity index (χ0) is 21.8. The molecule has 3 aromatic rings. The molecule has 0 atom stereocenters. The van der Waals surface area contributed by atoms with Gasteiger partial charge in [-0.05, 0) is 61.9 Å². The Bertz CT molecular complexity index is 1090. The molecule has 1 fully saturated rings. The van der Waals surface area contributed by atoms with Gasteiger partial charge in [-0.3, -0.25) is 9.30 Å². The third kappa shape index (κ3) is 4.53. The minimum Gasteiger partial charge on any atom is -0.379 e. The molecule has 3 heterocycles. The van der Waals surface area contributed by atoms with E-state index in [2.05, 4.69) is 47.5 Å². The fourth-order valence-electron chi connectivity index (χ4n) is 4.44. The van der Waals surface area contributed by atoms with E-state index in [0.29, 0.717) is 11.5 Å². The van der Waals surface area contributed by atoms with Crippen molar-refractivity contribution in [2.75, 3.05) is 44.7 Å². The van der Waals surface area contributed by atoms with Crippen molar-refractivity contribution in [1.29, 1.82) is 5.26 Å². The van der Waals surface area contributed by atoms with Crippen molar-refractivity contribution in [2.24, 2.45) is 5.92 Å². The van der Waals surface area contributed by atoms with E-state index in [9.17, 15) is 5.26 Å². The lowest BCUT2D eigenvalue weighted by molar-refractivity contribution is 0.0378. The molecule has 1 aromatic carbocycles. The van der Waals surface area contributed by atoms with Gasteiger partial charge in [0.25, 0.3) is 0 Å². The predicted octanol–water partition coefficient (Wildman–Crippen LogP) is 4.39. The molecule has 1 aliphatic heterocycles. The zero-order valence-corrected chi connectivity index (χ0v) is 18.9. The maximum absolute atomic E-state index is 9.95. The van der Waals surface area contributed by atoms with Crippen LogP contribution in [0.5, 0.6) is 0 Å². The zero-order valence-electron chi connectivity index (χ0n) is 18.9. The third-order valence-electron chi connectivity index (χ3n) is 6.25. The number of aromatic nitrogens is 2. The van der Waals surface area contributed by atoms with Gasteiger partial charge in [-0.2, -0.15) is 5.26 Å². The van der Waals surface area contributed by atoms with E-state index in [1.165, 1.54) is 5.56 Å². The second-order valence-electron chi connectivity index (χ2n) is 8.87. The molecule has 4 rings (SSSR count). The van der Waals surface area contributed by atoms with E-state index in [0.717, 1.165) is 86.7 Å². The molecule has 1 N–H and O–H groups in total. The Labute approximate surface area is 184 Å². The maximum atomic E-state index is 9.95. The van der Waals surface area contributed by atoms with Crippen molar-refractivity contribution in [2.45, 2.75) is 40.0 Å². The van der Waals surface area contributed by atoms with Gasteiger partial charge in [0.2, 0.25) is 0 Å². The lowest BCUT2D eigenvalue weighted by atomic mass is 9.97. The molecule has 2 aromatic heterocycles. The monoisotopic (exact) mass is 419 g/mol. The van der Waals surface area contributed by atoms with Gasteiger partial charge >= 0.3 is 0 Å². The molecule has 1 saturated heterocycles. The number of morpholine rings is 1. The smallest absolute Gasteiger partial charge is 0.157 e. The molecule has 0 aliphatic carbocycles. The molecule has 0 unspecified atom stereocenters. The number of anilines is 1. The standard InChI is InChI=1S/C25H33N5O/c1-18(2)9-10-20-19(3)21(17-26)25-28-22-7-4-5-8-23(22)30(25)24(20)27-11-6-12-29-13-15-31-16-14-29/h4-5,7-8,18,27H,6,9-16H2,1-3H3. The molecule has 31 heavy (non-hydrogen) atoms. The molecule has 6 heteroatoms. The van der Waals surface area contributed by atoms with Gasteiger partial charge in [-0.1, -0.05) is 26.0 Å². The highest BCUT2D eigenvalue weighted by Crippen LogP contribution is 2.32. The number of nitrogens with one attached hydrogen (secondary N) is 1. The topological polar surface area (TPSA) is 65.6 Å². The van der Waals surface area contributed by atoms with Gasteiger partial charge in [-0.25, -0.2) is 4.98 Å². The SMILES string of the molecule is Cc1c(CCC(C)C)c(NCCCN2CCOCC2)n2c(nc3ccccc32)c1C#N. The highest BCUT2D eigenvalue weighted by molar-refractivity contribution is 5.86. The van der Waals surface area contributed by atoms with Crippen molar-refractivity contribution in [3.8, 4) is 6.07 Å². The molecule has 164 valence electrons. The number of rotatable bonds is 8. The second-order valence-corrected chi connectivity index (χ2v) is 8.87. The fraction of sp³-hybridized carbons (Fsp3) is 0.520. The summed E-state index contributed by atoms with van der Waals surface area (Å²) >= 11 is 0. The van der Waals surface area contributed by atoms with E-state index in [4.69, 9.17) is 9.72 Å². The number of nitriles is 1. The Morgan fingerprint density at radius 3 is 2.74 bits per heavy atom. The van der Waals surface area contributed by atoms with Gasteiger partial charge in [0.1, 0.15) is 11.9 Å². The number of nitrogens with zero attached hydrogens (tertiary/aromatic N) is 4. The van der Waals surface area contributed by atoms with Gasteiger partial charge in [0.15, 0.2) is 5.65 Å². The van der Waals surface area contributed by atoms with Crippen molar-refractivity contribution in [1.82, 2.24) is 14.3 Å². The first-order valence-electron chi connectivity index (χ1n) is 11.5. The Morgan fingerprint density at radius 2 is 2.00 bits per heavy atom. The Kier molecular flexibility index (Phi) is 6.74. The summed E-state index contributed by atoms with van der Waals surface area (Å²) in [6.45, 7) is 12.2. The van der Waals surface area contributed by atoms with Gasteiger partial charge in [0, 0.05) is 19.6 Å². The van der Waals surface area contributed by atoms with Crippen LogP contribution in [-0.4, -0.2) is 53.7 Å². The van der Waals surface area contributed by atoms with Crippen LogP contribution in [0.4, 0.5) is 5.82 Å². The van der Waals surface area contributed by atoms with Crippen LogP contribution >= 0.6 is 0 Å². The summed E-state index contributed by atoms with van der Waals surface area (Å²) in [4.78, 5) is 7.29. The molecule has 0 amide bonds. The van der Waals surface area contributed by atoms with Gasteiger partial charge < -0.3 is 10.1 Å². The minimum absolute atomic E-state index is 0.606. The van der Waals surface area contributed by atoms with Crippen molar-refractivity contribution >= 4 is 22.5 Å². The number of fused-ring (bicyclic) bond motifs is 3. The van der Waals surface area contributed by atoms with Crippen molar-refractivity contribution in [3.63, 3.8) is 0 Å². The molecular formula is C25H33N5O. The van der Waals surface area contributed by atoms with Crippen LogP contribution in [-0.2, 0) is 11.2 Å². The summed E-state index contributed by atoms with van der Waals surface area (Å²) in [7, 11) is 0. The quantitative estimate of drug-likeness (QED) is 0.549. The summed E-state index contributed by atoms with van der Waals surface area (Å²) in [5.74, 6) is 1.71. The number of imidazole rings is 1. The molecule has 6 nitrogen and oxygen atoms in total. The van der Waals surface area contributed by atoms with E-state index in [-0.39, 0.29) is 0 Å². The minimum atomic E-state index is 0.606. The summed E-state index contributed by atoms with van der Waals surface area (Å²) in [5, 5.41) is 13.7. The predicted molar refractivity (Wildman–Crippen MR) is 126 cm³/mol. The van der Waals surface area contributed by atoms with E-state index in [1.54, 1.807) is 0 Å².